The molecule has 0 saturated carbocycles. The second-order valence-corrected chi connectivity index (χ2v) is 53.4. The first-order chi connectivity index (χ1) is 63.9. The number of hydrogen-bond donors (Lipinski definition) is 17. The van der Waals surface area contributed by atoms with E-state index in [0.29, 0.717) is 33.7 Å². The fourth-order valence-corrected chi connectivity index (χ4v) is 24.4. The number of carbonyl (C=O) groups is 2. The van der Waals surface area contributed by atoms with Crippen molar-refractivity contribution in [1.29, 1.82) is 0 Å². The molecule has 0 spiro atoms. The average Bonchev–Trinajstić information content (AvgIpc) is 1.62. The number of ether oxygens (including phenoxy) is 6. The van der Waals surface area contributed by atoms with E-state index in [-0.39, 0.29) is 132 Å². The van der Waals surface area contributed by atoms with Gasteiger partial charge in [-0.1, -0.05) is 210 Å². The SMILES string of the molecule is CC(=O)[C@H](C)CP(=O)(OC[C@H]1O[C@@H](n2cnc3c(=O)[nH]c(N)nc32)C(Br)(Br)[C@H]1O)Oc1ccccc1.CC(=O)[C@H](C)CP(=O)(OC[C@H]1O[C@@H](n2cnc3c(=O)[nH]c(N)nc32)C(Br)(Br)[C@H]1O)Oc1ccccc1.COc1nc(N)nc2c1ncn2[C@@H]1O[C@H](CO)[C@H](O)C1(Br)Br.Nc1nc2c(ccn2[C@@H]2O[C@H](CO)[C@H](O)C2(Br)Br)c(=O)[nH]1.Nc1nc2c(ncn2[C@@H]2O[C@H](CO)[C@H](O)C2(Br)Br)c(=O)[nH]1. The summed E-state index contributed by atoms with van der Waals surface area (Å²) in [6, 6.07) is 18.5. The van der Waals surface area contributed by atoms with E-state index in [2.05, 4.69) is 229 Å². The van der Waals surface area contributed by atoms with Gasteiger partial charge in [0.15, 0.2) is 97.6 Å². The highest BCUT2D eigenvalue weighted by Gasteiger charge is 2.60. The van der Waals surface area contributed by atoms with Gasteiger partial charge in [0.2, 0.25) is 35.6 Å². The van der Waals surface area contributed by atoms with E-state index in [1.807, 2.05) is 0 Å². The van der Waals surface area contributed by atoms with Gasteiger partial charge in [0.05, 0.1) is 83.2 Å². The predicted octanol–water partition coefficient (Wildman–Crippen LogP) is 5.56. The number of benzene rings is 2. The zero-order chi connectivity index (χ0) is 99.3. The number of para-hydroxylation sites is 2. The lowest BCUT2D eigenvalue weighted by atomic mass is 10.1. The van der Waals surface area contributed by atoms with Gasteiger partial charge in [-0.3, -0.25) is 76.0 Å². The van der Waals surface area contributed by atoms with Crippen LogP contribution in [0.5, 0.6) is 17.4 Å². The molecule has 0 radical (unpaired) electrons. The lowest BCUT2D eigenvalue weighted by Crippen LogP contribution is -2.37. The summed E-state index contributed by atoms with van der Waals surface area (Å²) in [6.45, 7) is 4.39. The van der Waals surface area contributed by atoms with Gasteiger partial charge < -0.3 is 112 Å². The molecule has 22 N–H and O–H groups in total. The molecule has 5 fully saturated rings. The van der Waals surface area contributed by atoms with Crippen LogP contribution < -0.4 is 64.7 Å². The van der Waals surface area contributed by atoms with Crippen molar-refractivity contribution in [2.45, 2.75) is 136 Å². The Labute approximate surface area is 848 Å². The first kappa shape index (κ1) is 106. The number of methoxy groups -OCH3 is 1. The Morgan fingerprint density at radius 3 is 1.02 bits per heavy atom. The zero-order valence-electron chi connectivity index (χ0n) is 70.7. The quantitative estimate of drug-likeness (QED) is 0.0246. The van der Waals surface area contributed by atoms with E-state index in [4.69, 9.17) is 75.2 Å². The lowest BCUT2D eigenvalue weighted by molar-refractivity contribution is -0.120. The average molecular weight is 2590 g/mol. The van der Waals surface area contributed by atoms with E-state index in [1.54, 1.807) is 95.9 Å². The van der Waals surface area contributed by atoms with Crippen molar-refractivity contribution < 1.29 is 106 Å². The molecule has 736 valence electrons. The third-order valence-corrected chi connectivity index (χ3v) is 34.1. The number of rotatable bonds is 25. The number of nitrogens with zero attached hydrogens (tertiary/aromatic N) is 15. The molecule has 2 aromatic carbocycles. The number of nitrogens with one attached hydrogen (secondary N) is 4. The summed E-state index contributed by atoms with van der Waals surface area (Å²) in [4.78, 5) is 122. The van der Waals surface area contributed by atoms with Crippen molar-refractivity contribution in [2.24, 2.45) is 11.8 Å². The summed E-state index contributed by atoms with van der Waals surface area (Å²) in [5.41, 5.74) is 28.1. The third-order valence-electron chi connectivity index (χ3n) is 21.5. The monoisotopic (exact) mass is 2580 g/mol. The summed E-state index contributed by atoms with van der Waals surface area (Å²) >= 11 is 33.9. The Kier molecular flexibility index (Phi) is 33.2. The number of fused-ring (bicyclic) bond motifs is 5. The van der Waals surface area contributed by atoms with Gasteiger partial charge in [0, 0.05) is 18.0 Å². The number of alkyl halides is 10. The molecule has 62 heteroatoms. The molecular weight excluding hydrogens is 2500 g/mol. The van der Waals surface area contributed by atoms with E-state index in [9.17, 15) is 78.7 Å². The minimum Gasteiger partial charge on any atom is -0.479 e. The summed E-state index contributed by atoms with van der Waals surface area (Å²) < 4.78 is 86.2. The molecule has 17 rings (SSSR count). The van der Waals surface area contributed by atoms with E-state index < -0.39 is 152 Å². The number of aliphatic hydroxyl groups is 8. The van der Waals surface area contributed by atoms with Crippen molar-refractivity contribution >= 4 is 271 Å². The van der Waals surface area contributed by atoms with Crippen LogP contribution in [0.15, 0.2) is 117 Å². The van der Waals surface area contributed by atoms with Crippen LogP contribution in [0.2, 0.25) is 0 Å². The molecule has 0 aliphatic carbocycles. The topological polar surface area (TPSA) is 738 Å². The number of imidazole rings is 4. The highest BCUT2D eigenvalue weighted by Crippen LogP contribution is 2.58. The molecule has 5 saturated heterocycles. The number of Topliss-reactive ketones (excluding diaryl/α,β-unsaturated/α-hetero) is 2. The number of nitrogens with two attached hydrogens (primary N) is 5. The van der Waals surface area contributed by atoms with Gasteiger partial charge in [-0.15, -0.1) is 0 Å². The third kappa shape index (κ3) is 22.1. The molecule has 2 unspecified atom stereocenters. The van der Waals surface area contributed by atoms with Crippen LogP contribution in [0.25, 0.3) is 55.7 Å². The summed E-state index contributed by atoms with van der Waals surface area (Å²) in [5, 5.41) is 80.7. The molecule has 5 aliphatic rings. The Balaban J connectivity index is 0.000000147. The van der Waals surface area contributed by atoms with Crippen LogP contribution in [0.1, 0.15) is 58.8 Å². The fourth-order valence-electron chi connectivity index (χ4n) is 14.2. The molecule has 136 heavy (non-hydrogen) atoms. The van der Waals surface area contributed by atoms with Gasteiger partial charge in [-0.25, -0.2) is 29.1 Å². The summed E-state index contributed by atoms with van der Waals surface area (Å²) in [7, 11) is -6.22. The number of aromatic nitrogens is 19. The molecule has 19 atom stereocenters. The van der Waals surface area contributed by atoms with Gasteiger partial charge in [0.25, 0.3) is 22.2 Å². The second-order valence-electron chi connectivity index (χ2n) is 30.9. The van der Waals surface area contributed by atoms with E-state index >= 15 is 0 Å². The Bertz CT molecular complexity index is 6390. The number of halogens is 10. The Hall–Kier alpha value is -7.14. The van der Waals surface area contributed by atoms with Crippen molar-refractivity contribution in [3.63, 3.8) is 0 Å². The number of aliphatic hydroxyl groups excluding tert-OH is 8. The van der Waals surface area contributed by atoms with Gasteiger partial charge in [-0.2, -0.15) is 29.9 Å². The summed E-state index contributed by atoms with van der Waals surface area (Å²) in [5.74, 6) is -0.884. The van der Waals surface area contributed by atoms with Crippen LogP contribution >= 0.6 is 174 Å². The van der Waals surface area contributed by atoms with E-state index in [1.165, 1.54) is 60.0 Å². The minimum absolute atomic E-state index is 0.0144. The molecule has 12 aromatic rings. The maximum Gasteiger partial charge on any atom is 0.379 e. The number of ketones is 2. The number of nitrogen functional groups attached to an aromatic ring is 5. The van der Waals surface area contributed by atoms with Crippen LogP contribution in [-0.4, -0.2) is 275 Å². The molecule has 0 bridgehead atoms. The molecule has 0 amide bonds. The maximum atomic E-state index is 13.6. The molecule has 50 nitrogen and oxygen atoms in total. The maximum absolute atomic E-state index is 13.6. The fraction of sp³-hybridized carbons (Fsp3) is 0.459. The standard InChI is InChI=1S/2C21H24Br2N5O7P.C11H13Br2N5O4.C11H12Br2N4O4.C10H11Br2N5O4/c2*1-11(12(2)29)9-36(32,35-13-6-4-3-5-7-13)33-8-14-16(30)21(22,23)19(34-14)28-10-25-15-17(28)26-20(24)27-18(15)31;1-21-8-5-7(16-10(14)17-8)18(3-15-5)9-11(12,13)6(20)4(2-19)22-9;12-11(13)6(19)5(3-18)21-9(11)17-2-1-4-7(17)15-10(14)16-8(4)20;11-10(12)5(19)3(1-18)21-8(10)17-2-14-4-6(17)15-9(13)16-7(4)20/h2*3-7,10-11,14,16,19,30H,8-9H2,1-2H3,(H3,24,26,27,31);3-4,6,9,19-20H,2H2,1H3,(H2,14,16,17);1-2,5-6,9,18-19H,3H2,(H3,14,15,16,20);2-3,5,8,18-19H,1H2,(H3,13,15,16,20)/t2*11-,14-,16+,19-,36?;4-,6+,9-;5-,6+,9-;3-,5+,8-/m11111/s1. The number of carbonyl (C=O) groups excluding carboxylic acids is 2. The van der Waals surface area contributed by atoms with Crippen LogP contribution in [0, 0.1) is 11.8 Å². The highest BCUT2D eigenvalue weighted by molar-refractivity contribution is 9.26. The van der Waals surface area contributed by atoms with Crippen molar-refractivity contribution in [2.75, 3.05) is 81.1 Å². The normalized spacial score (nSPS) is 25.8. The smallest absolute Gasteiger partial charge is 0.379 e. The summed E-state index contributed by atoms with van der Waals surface area (Å²) in [6.07, 6.45) is -7.08. The Morgan fingerprint density at radius 1 is 0.426 bits per heavy atom. The Morgan fingerprint density at radius 2 is 0.713 bits per heavy atom. The van der Waals surface area contributed by atoms with Crippen molar-refractivity contribution in [3.8, 4) is 17.4 Å². The molecule has 5 aliphatic heterocycles. The van der Waals surface area contributed by atoms with Crippen LogP contribution in [-0.2, 0) is 51.5 Å². The van der Waals surface area contributed by atoms with Crippen LogP contribution in [0.4, 0.5) is 29.7 Å². The van der Waals surface area contributed by atoms with Crippen molar-refractivity contribution in [1.82, 2.24) is 92.6 Å². The van der Waals surface area contributed by atoms with Crippen LogP contribution in [0.3, 0.4) is 0 Å². The number of H-pyrrole nitrogens is 4. The lowest BCUT2D eigenvalue weighted by Gasteiger charge is -2.25. The largest absolute Gasteiger partial charge is 0.479 e. The second kappa shape index (κ2) is 42.6. The predicted molar refractivity (Wildman–Crippen MR) is 523 cm³/mol. The number of aromatic amines is 4. The number of hydrogen-bond acceptors (Lipinski definition) is 41. The van der Waals surface area contributed by atoms with Gasteiger partial charge >= 0.3 is 15.2 Å². The zero-order valence-corrected chi connectivity index (χ0v) is 88.3. The number of anilines is 5. The molecule has 15 heterocycles. The first-order valence-corrected chi connectivity index (χ1v) is 51.3. The van der Waals surface area contributed by atoms with Gasteiger partial charge in [-0.05, 0) is 44.2 Å². The minimum atomic E-state index is -3.84. The van der Waals surface area contributed by atoms with Gasteiger partial charge in [0.1, 0.15) is 84.1 Å². The first-order valence-electron chi connectivity index (χ1n) is 39.9. The van der Waals surface area contributed by atoms with E-state index in [0.717, 1.165) is 0 Å². The molecule has 10 aromatic heterocycles. The van der Waals surface area contributed by atoms with Crippen molar-refractivity contribution in [3.05, 3.63) is 140 Å². The molecular formula is C74H84Br10N24O26P2. The highest BCUT2D eigenvalue weighted by atomic mass is 79.9.